The van der Waals surface area contributed by atoms with Crippen molar-refractivity contribution in [3.05, 3.63) is 66.7 Å². The highest BCUT2D eigenvalue weighted by molar-refractivity contribution is 7.91. The van der Waals surface area contributed by atoms with Crippen molar-refractivity contribution in [2.75, 3.05) is 31.4 Å². The van der Waals surface area contributed by atoms with E-state index in [0.717, 1.165) is 11.3 Å². The smallest absolute Gasteiger partial charge is 0.224 e. The van der Waals surface area contributed by atoms with Gasteiger partial charge in [0, 0.05) is 45.8 Å². The van der Waals surface area contributed by atoms with Crippen LogP contribution >= 0.6 is 0 Å². The van der Waals surface area contributed by atoms with Gasteiger partial charge in [-0.2, -0.15) is 0 Å². The van der Waals surface area contributed by atoms with Gasteiger partial charge in [-0.15, -0.1) is 0 Å². The third-order valence-corrected chi connectivity index (χ3v) is 5.91. The summed E-state index contributed by atoms with van der Waals surface area (Å²) < 4.78 is 25.6. The Morgan fingerprint density at radius 3 is 2.20 bits per heavy atom. The summed E-state index contributed by atoms with van der Waals surface area (Å²) in [4.78, 5) is 18.3. The number of guanidine groups is 1. The SMILES string of the molecule is CN=C(NCc1ccc(S(=O)(=O)c2cnc(N(C)C)nc2)cc1)Nc1ccncc1. The Kier molecular flexibility index (Phi) is 6.58. The molecule has 30 heavy (non-hydrogen) atoms. The van der Waals surface area contributed by atoms with E-state index in [4.69, 9.17) is 0 Å². The number of nitrogens with one attached hydrogen (secondary N) is 2. The molecule has 0 aliphatic heterocycles. The number of sulfone groups is 1. The monoisotopic (exact) mass is 425 g/mol. The summed E-state index contributed by atoms with van der Waals surface area (Å²) >= 11 is 0. The zero-order valence-corrected chi connectivity index (χ0v) is 17.8. The Bertz CT molecular complexity index is 1100. The molecule has 0 atom stereocenters. The van der Waals surface area contributed by atoms with Crippen molar-refractivity contribution in [2.24, 2.45) is 4.99 Å². The maximum Gasteiger partial charge on any atom is 0.224 e. The molecule has 2 aromatic heterocycles. The predicted molar refractivity (Wildman–Crippen MR) is 116 cm³/mol. The van der Waals surface area contributed by atoms with E-state index in [-0.39, 0.29) is 9.79 Å². The van der Waals surface area contributed by atoms with Crippen molar-refractivity contribution >= 4 is 27.4 Å². The first-order valence-electron chi connectivity index (χ1n) is 9.11. The average molecular weight is 426 g/mol. The Morgan fingerprint density at radius 1 is 1.00 bits per heavy atom. The van der Waals surface area contributed by atoms with Crippen molar-refractivity contribution < 1.29 is 8.42 Å². The van der Waals surface area contributed by atoms with Crippen molar-refractivity contribution in [3.8, 4) is 0 Å². The molecule has 10 heteroatoms. The minimum atomic E-state index is -3.68. The molecule has 1 aromatic carbocycles. The van der Waals surface area contributed by atoms with E-state index < -0.39 is 9.84 Å². The molecule has 0 aliphatic rings. The van der Waals surface area contributed by atoms with Gasteiger partial charge in [-0.3, -0.25) is 9.98 Å². The van der Waals surface area contributed by atoms with Crippen LogP contribution in [0.5, 0.6) is 0 Å². The lowest BCUT2D eigenvalue weighted by molar-refractivity contribution is 0.595. The van der Waals surface area contributed by atoms with Crippen molar-refractivity contribution in [1.29, 1.82) is 0 Å². The summed E-state index contributed by atoms with van der Waals surface area (Å²) in [5.41, 5.74) is 1.77. The molecule has 0 spiro atoms. The maximum absolute atomic E-state index is 12.8. The normalized spacial score (nSPS) is 11.8. The van der Waals surface area contributed by atoms with Gasteiger partial charge in [0.05, 0.1) is 17.3 Å². The number of benzene rings is 1. The van der Waals surface area contributed by atoms with Gasteiger partial charge in [0.15, 0.2) is 5.96 Å². The van der Waals surface area contributed by atoms with Gasteiger partial charge in [-0.1, -0.05) is 12.1 Å². The minimum Gasteiger partial charge on any atom is -0.352 e. The van der Waals surface area contributed by atoms with Crippen LogP contribution in [0.25, 0.3) is 0 Å². The number of aromatic nitrogens is 3. The molecule has 0 fully saturated rings. The average Bonchev–Trinajstić information content (AvgIpc) is 2.77. The van der Waals surface area contributed by atoms with Crippen molar-refractivity contribution in [2.45, 2.75) is 16.3 Å². The fourth-order valence-corrected chi connectivity index (χ4v) is 3.69. The fraction of sp³-hybridized carbons (Fsp3) is 0.200. The molecular formula is C20H23N7O2S. The second-order valence-electron chi connectivity index (χ2n) is 6.55. The zero-order chi connectivity index (χ0) is 21.6. The lowest BCUT2D eigenvalue weighted by Crippen LogP contribution is -2.30. The Labute approximate surface area is 175 Å². The summed E-state index contributed by atoms with van der Waals surface area (Å²) in [5, 5.41) is 6.34. The molecule has 0 saturated heterocycles. The van der Waals surface area contributed by atoms with E-state index in [9.17, 15) is 8.42 Å². The number of hydrogen-bond acceptors (Lipinski definition) is 7. The largest absolute Gasteiger partial charge is 0.352 e. The summed E-state index contributed by atoms with van der Waals surface area (Å²) in [6.45, 7) is 0.478. The summed E-state index contributed by atoms with van der Waals surface area (Å²) in [6, 6.07) is 10.3. The third kappa shape index (κ3) is 5.09. The van der Waals surface area contributed by atoms with Crippen LogP contribution in [0, 0.1) is 0 Å². The fourth-order valence-electron chi connectivity index (χ4n) is 2.54. The van der Waals surface area contributed by atoms with Crippen LogP contribution in [0.1, 0.15) is 5.56 Å². The van der Waals surface area contributed by atoms with Crippen LogP contribution in [-0.4, -0.2) is 50.5 Å². The highest BCUT2D eigenvalue weighted by Gasteiger charge is 2.19. The molecule has 2 N–H and O–H groups in total. The first kappa shape index (κ1) is 21.2. The number of hydrogen-bond donors (Lipinski definition) is 2. The van der Waals surface area contributed by atoms with Gasteiger partial charge in [-0.25, -0.2) is 18.4 Å². The minimum absolute atomic E-state index is 0.0564. The molecule has 0 amide bonds. The summed E-state index contributed by atoms with van der Waals surface area (Å²) in [5.74, 6) is 1.04. The van der Waals surface area contributed by atoms with Gasteiger partial charge in [0.25, 0.3) is 0 Å². The maximum atomic E-state index is 12.8. The van der Waals surface area contributed by atoms with Crippen LogP contribution in [0.2, 0.25) is 0 Å². The number of nitrogens with zero attached hydrogens (tertiary/aromatic N) is 5. The molecule has 3 aromatic rings. The second-order valence-corrected chi connectivity index (χ2v) is 8.50. The van der Waals surface area contributed by atoms with E-state index in [2.05, 4.69) is 30.6 Å². The van der Waals surface area contributed by atoms with E-state index in [0.29, 0.717) is 18.5 Å². The topological polar surface area (TPSA) is 112 Å². The molecule has 156 valence electrons. The van der Waals surface area contributed by atoms with E-state index in [1.54, 1.807) is 62.7 Å². The Balaban J connectivity index is 1.66. The first-order chi connectivity index (χ1) is 14.4. The van der Waals surface area contributed by atoms with Gasteiger partial charge >= 0.3 is 0 Å². The standard InChI is InChI=1S/C20H23N7O2S/c1-21-19(26-16-8-10-22-11-9-16)23-12-15-4-6-17(7-5-15)30(28,29)18-13-24-20(25-14-18)27(2)3/h4-11,13-14H,12H2,1-3H3,(H2,21,22,23,26). The highest BCUT2D eigenvalue weighted by Crippen LogP contribution is 2.20. The highest BCUT2D eigenvalue weighted by atomic mass is 32.2. The van der Waals surface area contributed by atoms with Crippen LogP contribution in [0.4, 0.5) is 11.6 Å². The molecule has 0 unspecified atom stereocenters. The number of rotatable bonds is 6. The number of aliphatic imine (C=N–C) groups is 1. The number of pyridine rings is 1. The van der Waals surface area contributed by atoms with Crippen LogP contribution in [-0.2, 0) is 16.4 Å². The lowest BCUT2D eigenvalue weighted by Gasteiger charge is -2.12. The van der Waals surface area contributed by atoms with Crippen molar-refractivity contribution in [1.82, 2.24) is 20.3 Å². The van der Waals surface area contributed by atoms with E-state index >= 15 is 0 Å². The molecule has 9 nitrogen and oxygen atoms in total. The molecular weight excluding hydrogens is 402 g/mol. The second kappa shape index (κ2) is 9.31. The van der Waals surface area contributed by atoms with Crippen molar-refractivity contribution in [3.63, 3.8) is 0 Å². The molecule has 3 rings (SSSR count). The number of anilines is 2. The summed E-state index contributed by atoms with van der Waals surface area (Å²) in [7, 11) is 1.57. The van der Waals surface area contributed by atoms with E-state index in [1.165, 1.54) is 12.4 Å². The van der Waals surface area contributed by atoms with E-state index in [1.807, 2.05) is 12.1 Å². The quantitative estimate of drug-likeness (QED) is 0.455. The van der Waals surface area contributed by atoms with Crippen LogP contribution < -0.4 is 15.5 Å². The Morgan fingerprint density at radius 2 is 1.63 bits per heavy atom. The van der Waals surface area contributed by atoms with Gasteiger partial charge in [0.1, 0.15) is 4.90 Å². The molecule has 0 saturated carbocycles. The Hall–Kier alpha value is -3.53. The van der Waals surface area contributed by atoms with Gasteiger partial charge in [-0.05, 0) is 29.8 Å². The van der Waals surface area contributed by atoms with Crippen LogP contribution in [0.15, 0.2) is 76.0 Å². The molecule has 0 bridgehead atoms. The summed E-state index contributed by atoms with van der Waals surface area (Å²) in [6.07, 6.45) is 6.02. The zero-order valence-electron chi connectivity index (χ0n) is 16.9. The van der Waals surface area contributed by atoms with Crippen LogP contribution in [0.3, 0.4) is 0 Å². The molecule has 0 aliphatic carbocycles. The molecule has 2 heterocycles. The first-order valence-corrected chi connectivity index (χ1v) is 10.6. The van der Waals surface area contributed by atoms with Gasteiger partial charge in [0.2, 0.25) is 15.8 Å². The van der Waals surface area contributed by atoms with Gasteiger partial charge < -0.3 is 15.5 Å². The molecule has 0 radical (unpaired) electrons. The third-order valence-electron chi connectivity index (χ3n) is 4.19. The lowest BCUT2D eigenvalue weighted by atomic mass is 10.2. The predicted octanol–water partition coefficient (Wildman–Crippen LogP) is 1.96.